The Hall–Kier alpha value is -1.52. The lowest BCUT2D eigenvalue weighted by atomic mass is 10.1. The Balaban J connectivity index is 1.50. The first-order valence-corrected chi connectivity index (χ1v) is 7.91. The van der Waals surface area contributed by atoms with E-state index in [9.17, 15) is 0 Å². The monoisotopic (exact) mass is 347 g/mol. The first-order chi connectivity index (χ1) is 10.2. The largest absolute Gasteiger partial charge is 0.490 e. The maximum atomic E-state index is 6.03. The number of benzene rings is 2. The lowest BCUT2D eigenvalue weighted by molar-refractivity contribution is 0.217. The molecule has 1 atom stereocenters. The second kappa shape index (κ2) is 6.50. The highest BCUT2D eigenvalue weighted by Gasteiger charge is 2.18. The molecule has 0 fully saturated rings. The topological polar surface area (TPSA) is 44.5 Å². The third-order valence-electron chi connectivity index (χ3n) is 3.66. The SMILES string of the molecule is NC1CCc2cc(OCCOc3cccc(Br)c3)ccc21. The van der Waals surface area contributed by atoms with Crippen molar-refractivity contribution in [3.8, 4) is 11.5 Å². The lowest BCUT2D eigenvalue weighted by Crippen LogP contribution is -2.09. The highest BCUT2D eigenvalue weighted by molar-refractivity contribution is 9.10. The molecule has 1 aliphatic carbocycles. The molecule has 110 valence electrons. The summed E-state index contributed by atoms with van der Waals surface area (Å²) >= 11 is 3.42. The van der Waals surface area contributed by atoms with Crippen LogP contribution >= 0.6 is 15.9 Å². The van der Waals surface area contributed by atoms with Crippen molar-refractivity contribution in [3.05, 3.63) is 58.1 Å². The second-order valence-electron chi connectivity index (χ2n) is 5.16. The van der Waals surface area contributed by atoms with E-state index in [0.717, 1.165) is 28.8 Å². The zero-order valence-corrected chi connectivity index (χ0v) is 13.3. The predicted octanol–water partition coefficient (Wildman–Crippen LogP) is 3.85. The van der Waals surface area contributed by atoms with Crippen molar-refractivity contribution >= 4 is 15.9 Å². The molecule has 0 aromatic heterocycles. The third-order valence-corrected chi connectivity index (χ3v) is 4.15. The molecule has 0 amide bonds. The van der Waals surface area contributed by atoms with Crippen molar-refractivity contribution in [1.82, 2.24) is 0 Å². The smallest absolute Gasteiger partial charge is 0.122 e. The van der Waals surface area contributed by atoms with Gasteiger partial charge < -0.3 is 15.2 Å². The Bertz CT molecular complexity index is 630. The van der Waals surface area contributed by atoms with Crippen LogP contribution in [0.3, 0.4) is 0 Å². The highest BCUT2D eigenvalue weighted by atomic mass is 79.9. The minimum atomic E-state index is 0.189. The van der Waals surface area contributed by atoms with Gasteiger partial charge in [-0.05, 0) is 54.3 Å². The minimum Gasteiger partial charge on any atom is -0.490 e. The molecule has 1 unspecified atom stereocenters. The maximum Gasteiger partial charge on any atom is 0.122 e. The van der Waals surface area contributed by atoms with Crippen LogP contribution < -0.4 is 15.2 Å². The summed E-state index contributed by atoms with van der Waals surface area (Å²) < 4.78 is 12.4. The van der Waals surface area contributed by atoms with Crippen molar-refractivity contribution in [2.24, 2.45) is 5.73 Å². The predicted molar refractivity (Wildman–Crippen MR) is 86.8 cm³/mol. The lowest BCUT2D eigenvalue weighted by Gasteiger charge is -2.10. The Labute approximate surface area is 133 Å². The average Bonchev–Trinajstić information content (AvgIpc) is 2.85. The first kappa shape index (κ1) is 14.4. The van der Waals surface area contributed by atoms with Gasteiger partial charge in [0.25, 0.3) is 0 Å². The summed E-state index contributed by atoms with van der Waals surface area (Å²) in [6.45, 7) is 1.05. The van der Waals surface area contributed by atoms with Crippen LogP contribution in [0.2, 0.25) is 0 Å². The Kier molecular flexibility index (Phi) is 4.46. The first-order valence-electron chi connectivity index (χ1n) is 7.12. The molecule has 3 nitrogen and oxygen atoms in total. The second-order valence-corrected chi connectivity index (χ2v) is 6.08. The molecule has 0 heterocycles. The summed E-state index contributed by atoms with van der Waals surface area (Å²) in [5.41, 5.74) is 8.60. The maximum absolute atomic E-state index is 6.03. The van der Waals surface area contributed by atoms with E-state index in [2.05, 4.69) is 28.1 Å². The summed E-state index contributed by atoms with van der Waals surface area (Å²) in [4.78, 5) is 0. The molecule has 0 saturated carbocycles. The van der Waals surface area contributed by atoms with Gasteiger partial charge in [-0.2, -0.15) is 0 Å². The molecule has 4 heteroatoms. The zero-order chi connectivity index (χ0) is 14.7. The van der Waals surface area contributed by atoms with Gasteiger partial charge in [-0.25, -0.2) is 0 Å². The van der Waals surface area contributed by atoms with E-state index in [4.69, 9.17) is 15.2 Å². The average molecular weight is 348 g/mol. The van der Waals surface area contributed by atoms with Crippen LogP contribution in [-0.2, 0) is 6.42 Å². The molecule has 0 saturated heterocycles. The molecule has 0 spiro atoms. The van der Waals surface area contributed by atoms with Crippen LogP contribution in [0.15, 0.2) is 46.9 Å². The zero-order valence-electron chi connectivity index (χ0n) is 11.7. The molecular formula is C17H18BrNO2. The van der Waals surface area contributed by atoms with E-state index in [1.54, 1.807) is 0 Å². The molecule has 0 radical (unpaired) electrons. The molecular weight excluding hydrogens is 330 g/mol. The van der Waals surface area contributed by atoms with Crippen LogP contribution in [-0.4, -0.2) is 13.2 Å². The number of fused-ring (bicyclic) bond motifs is 1. The van der Waals surface area contributed by atoms with Crippen LogP contribution in [0.25, 0.3) is 0 Å². The number of halogens is 1. The van der Waals surface area contributed by atoms with E-state index >= 15 is 0 Å². The molecule has 0 bridgehead atoms. The van der Waals surface area contributed by atoms with Gasteiger partial charge in [-0.1, -0.05) is 28.1 Å². The summed E-state index contributed by atoms with van der Waals surface area (Å²) in [5.74, 6) is 1.73. The Morgan fingerprint density at radius 3 is 2.57 bits per heavy atom. The number of aryl methyl sites for hydroxylation is 1. The quantitative estimate of drug-likeness (QED) is 0.835. The Morgan fingerprint density at radius 1 is 1.05 bits per heavy atom. The number of rotatable bonds is 5. The van der Waals surface area contributed by atoms with Crippen LogP contribution in [0.5, 0.6) is 11.5 Å². The summed E-state index contributed by atoms with van der Waals surface area (Å²) in [6.07, 6.45) is 2.08. The number of hydrogen-bond acceptors (Lipinski definition) is 3. The van der Waals surface area contributed by atoms with Gasteiger partial charge in [-0.3, -0.25) is 0 Å². The third kappa shape index (κ3) is 3.57. The molecule has 2 N–H and O–H groups in total. The summed E-state index contributed by atoms with van der Waals surface area (Å²) in [7, 11) is 0. The molecule has 0 aliphatic heterocycles. The van der Waals surface area contributed by atoms with E-state index in [-0.39, 0.29) is 6.04 Å². The molecule has 2 aromatic carbocycles. The standard InChI is InChI=1S/C17H18BrNO2/c18-13-2-1-3-14(11-13)20-8-9-21-15-5-6-16-12(10-15)4-7-17(16)19/h1-3,5-6,10-11,17H,4,7-9,19H2. The van der Waals surface area contributed by atoms with Crippen LogP contribution in [0.4, 0.5) is 0 Å². The van der Waals surface area contributed by atoms with Crippen LogP contribution in [0.1, 0.15) is 23.6 Å². The summed E-state index contributed by atoms with van der Waals surface area (Å²) in [6, 6.07) is 14.1. The van der Waals surface area contributed by atoms with Gasteiger partial charge in [0.1, 0.15) is 24.7 Å². The van der Waals surface area contributed by atoms with Crippen molar-refractivity contribution in [3.63, 3.8) is 0 Å². The van der Waals surface area contributed by atoms with E-state index in [0.29, 0.717) is 13.2 Å². The van der Waals surface area contributed by atoms with Gasteiger partial charge in [0, 0.05) is 10.5 Å². The van der Waals surface area contributed by atoms with Gasteiger partial charge in [-0.15, -0.1) is 0 Å². The van der Waals surface area contributed by atoms with Gasteiger partial charge >= 0.3 is 0 Å². The minimum absolute atomic E-state index is 0.189. The van der Waals surface area contributed by atoms with E-state index in [1.165, 1.54) is 11.1 Å². The number of ether oxygens (including phenoxy) is 2. The summed E-state index contributed by atoms with van der Waals surface area (Å²) in [5, 5.41) is 0. The van der Waals surface area contributed by atoms with Crippen molar-refractivity contribution in [2.45, 2.75) is 18.9 Å². The number of hydrogen-bond donors (Lipinski definition) is 1. The number of nitrogens with two attached hydrogens (primary N) is 1. The molecule has 21 heavy (non-hydrogen) atoms. The van der Waals surface area contributed by atoms with E-state index < -0.39 is 0 Å². The fourth-order valence-electron chi connectivity index (χ4n) is 2.59. The van der Waals surface area contributed by atoms with E-state index in [1.807, 2.05) is 30.3 Å². The van der Waals surface area contributed by atoms with Crippen molar-refractivity contribution in [1.29, 1.82) is 0 Å². The van der Waals surface area contributed by atoms with Gasteiger partial charge in [0.2, 0.25) is 0 Å². The van der Waals surface area contributed by atoms with Crippen LogP contribution in [0, 0.1) is 0 Å². The van der Waals surface area contributed by atoms with Crippen molar-refractivity contribution in [2.75, 3.05) is 13.2 Å². The highest BCUT2D eigenvalue weighted by Crippen LogP contribution is 2.31. The van der Waals surface area contributed by atoms with Gasteiger partial charge in [0.05, 0.1) is 0 Å². The molecule has 1 aliphatic rings. The van der Waals surface area contributed by atoms with Crippen molar-refractivity contribution < 1.29 is 9.47 Å². The fraction of sp³-hybridized carbons (Fsp3) is 0.294. The molecule has 2 aromatic rings. The normalized spacial score (nSPS) is 16.6. The van der Waals surface area contributed by atoms with Gasteiger partial charge in [0.15, 0.2) is 0 Å². The fourth-order valence-corrected chi connectivity index (χ4v) is 2.97. The molecule has 3 rings (SSSR count). The Morgan fingerprint density at radius 2 is 1.81 bits per heavy atom.